The van der Waals surface area contributed by atoms with Crippen molar-refractivity contribution >= 4 is 5.69 Å². The van der Waals surface area contributed by atoms with Crippen molar-refractivity contribution in [3.8, 4) is 5.75 Å². The molecule has 2 rings (SSSR count). The first-order chi connectivity index (χ1) is 8.49. The highest BCUT2D eigenvalue weighted by Crippen LogP contribution is 2.32. The average Bonchev–Trinajstić information content (AvgIpc) is 2.28. The van der Waals surface area contributed by atoms with Crippen molar-refractivity contribution in [2.45, 2.75) is 26.3 Å². The van der Waals surface area contributed by atoms with E-state index in [-0.39, 0.29) is 0 Å². The van der Waals surface area contributed by atoms with E-state index in [9.17, 15) is 5.11 Å². The van der Waals surface area contributed by atoms with Crippen LogP contribution in [0.15, 0.2) is 18.2 Å². The van der Waals surface area contributed by atoms with Crippen LogP contribution in [0.3, 0.4) is 0 Å². The van der Waals surface area contributed by atoms with Gasteiger partial charge in [-0.3, -0.25) is 0 Å². The van der Waals surface area contributed by atoms with Crippen molar-refractivity contribution < 1.29 is 5.11 Å². The number of phenols is 1. The van der Waals surface area contributed by atoms with Crippen molar-refractivity contribution in [2.24, 2.45) is 5.92 Å². The lowest BCUT2D eigenvalue weighted by atomic mass is 9.92. The van der Waals surface area contributed by atoms with Crippen LogP contribution in [0.1, 0.15) is 18.9 Å². The van der Waals surface area contributed by atoms with Gasteiger partial charge in [0, 0.05) is 19.6 Å². The molecule has 2 atom stereocenters. The van der Waals surface area contributed by atoms with Gasteiger partial charge in [0.15, 0.2) is 0 Å². The molecule has 3 nitrogen and oxygen atoms in total. The van der Waals surface area contributed by atoms with Crippen LogP contribution in [0.25, 0.3) is 0 Å². The van der Waals surface area contributed by atoms with Gasteiger partial charge in [0.05, 0.1) is 5.69 Å². The Bertz CT molecular complexity index is 419. The number of phenolic OH excluding ortho intramolecular Hbond substituents is 1. The Balaban J connectivity index is 2.17. The standard InChI is InChI=1S/C15H24N2O/c1-11-5-6-14(15(18)9-11)17(4)13-7-8-16(3)10-12(13)2/h5-6,9,12-13,18H,7-8,10H2,1-4H3/t12-,13-/m1/s1. The van der Waals surface area contributed by atoms with Crippen LogP contribution in [-0.2, 0) is 0 Å². The van der Waals surface area contributed by atoms with E-state index in [2.05, 4.69) is 36.9 Å². The lowest BCUT2D eigenvalue weighted by Crippen LogP contribution is -2.47. The summed E-state index contributed by atoms with van der Waals surface area (Å²) in [6, 6.07) is 6.43. The number of rotatable bonds is 2. The van der Waals surface area contributed by atoms with Crippen LogP contribution in [-0.4, -0.2) is 43.2 Å². The molecule has 0 aromatic heterocycles. The highest BCUT2D eigenvalue weighted by atomic mass is 16.3. The first-order valence-corrected chi connectivity index (χ1v) is 6.70. The zero-order valence-electron chi connectivity index (χ0n) is 11.8. The number of aromatic hydroxyl groups is 1. The number of anilines is 1. The molecule has 0 amide bonds. The normalized spacial score (nSPS) is 25.1. The SMILES string of the molecule is Cc1ccc(N(C)[C@@H]2CCN(C)C[C@H]2C)c(O)c1. The number of benzene rings is 1. The number of piperidine rings is 1. The maximum atomic E-state index is 10.1. The molecule has 0 spiro atoms. The first-order valence-electron chi connectivity index (χ1n) is 6.70. The molecule has 18 heavy (non-hydrogen) atoms. The molecule has 1 saturated heterocycles. The van der Waals surface area contributed by atoms with Gasteiger partial charge in [-0.15, -0.1) is 0 Å². The molecule has 1 aromatic rings. The smallest absolute Gasteiger partial charge is 0.139 e. The van der Waals surface area contributed by atoms with Gasteiger partial charge in [-0.05, 0) is 50.6 Å². The molecule has 1 N–H and O–H groups in total. The van der Waals surface area contributed by atoms with E-state index in [4.69, 9.17) is 0 Å². The topological polar surface area (TPSA) is 26.7 Å². The Morgan fingerprint density at radius 2 is 2.11 bits per heavy atom. The number of aryl methyl sites for hydroxylation is 1. The summed E-state index contributed by atoms with van der Waals surface area (Å²) >= 11 is 0. The average molecular weight is 248 g/mol. The number of likely N-dealkylation sites (tertiary alicyclic amines) is 1. The predicted octanol–water partition coefficient (Wildman–Crippen LogP) is 2.48. The summed E-state index contributed by atoms with van der Waals surface area (Å²) in [6.07, 6.45) is 1.15. The minimum absolute atomic E-state index is 0.392. The van der Waals surface area contributed by atoms with Crippen LogP contribution in [0, 0.1) is 12.8 Å². The molecule has 0 radical (unpaired) electrons. The second kappa shape index (κ2) is 5.19. The molecule has 1 aliphatic rings. The zero-order valence-corrected chi connectivity index (χ0v) is 11.8. The van der Waals surface area contributed by atoms with Gasteiger partial charge in [0.25, 0.3) is 0 Å². The fraction of sp³-hybridized carbons (Fsp3) is 0.600. The van der Waals surface area contributed by atoms with Gasteiger partial charge in [0.2, 0.25) is 0 Å². The van der Waals surface area contributed by atoms with Gasteiger partial charge >= 0.3 is 0 Å². The Labute approximate surface area is 110 Å². The maximum absolute atomic E-state index is 10.1. The monoisotopic (exact) mass is 248 g/mol. The quantitative estimate of drug-likeness (QED) is 0.871. The van der Waals surface area contributed by atoms with E-state index >= 15 is 0 Å². The summed E-state index contributed by atoms with van der Waals surface area (Å²) in [5, 5.41) is 10.1. The van der Waals surface area contributed by atoms with E-state index in [1.807, 2.05) is 19.1 Å². The van der Waals surface area contributed by atoms with E-state index in [1.54, 1.807) is 0 Å². The highest BCUT2D eigenvalue weighted by Gasteiger charge is 2.28. The largest absolute Gasteiger partial charge is 0.506 e. The molecular formula is C15H24N2O. The second-order valence-corrected chi connectivity index (χ2v) is 5.70. The second-order valence-electron chi connectivity index (χ2n) is 5.70. The van der Waals surface area contributed by atoms with Gasteiger partial charge in [-0.25, -0.2) is 0 Å². The molecular weight excluding hydrogens is 224 g/mol. The minimum Gasteiger partial charge on any atom is -0.506 e. The van der Waals surface area contributed by atoms with Crippen LogP contribution in [0.5, 0.6) is 5.75 Å². The van der Waals surface area contributed by atoms with Crippen molar-refractivity contribution in [1.29, 1.82) is 0 Å². The minimum atomic E-state index is 0.392. The fourth-order valence-electron chi connectivity index (χ4n) is 3.03. The van der Waals surface area contributed by atoms with Gasteiger partial charge < -0.3 is 14.9 Å². The Morgan fingerprint density at radius 1 is 1.39 bits per heavy atom. The highest BCUT2D eigenvalue weighted by molar-refractivity contribution is 5.59. The number of hydrogen-bond donors (Lipinski definition) is 1. The van der Waals surface area contributed by atoms with Crippen LogP contribution < -0.4 is 4.90 Å². The predicted molar refractivity (Wildman–Crippen MR) is 76.3 cm³/mol. The number of nitrogens with zero attached hydrogens (tertiary/aromatic N) is 2. The molecule has 0 unspecified atom stereocenters. The molecule has 1 heterocycles. The lowest BCUT2D eigenvalue weighted by Gasteiger charge is -2.41. The lowest BCUT2D eigenvalue weighted by molar-refractivity contribution is 0.193. The first kappa shape index (κ1) is 13.2. The molecule has 0 bridgehead atoms. The van der Waals surface area contributed by atoms with Crippen LogP contribution in [0.2, 0.25) is 0 Å². The molecule has 1 fully saturated rings. The Kier molecular flexibility index (Phi) is 3.81. The maximum Gasteiger partial charge on any atom is 0.139 e. The Hall–Kier alpha value is -1.22. The van der Waals surface area contributed by atoms with Crippen molar-refractivity contribution in [2.75, 3.05) is 32.1 Å². The summed E-state index contributed by atoms with van der Waals surface area (Å²) in [5.74, 6) is 1.01. The zero-order chi connectivity index (χ0) is 13.3. The summed E-state index contributed by atoms with van der Waals surface area (Å²) in [4.78, 5) is 4.62. The molecule has 0 saturated carbocycles. The Morgan fingerprint density at radius 3 is 2.72 bits per heavy atom. The van der Waals surface area contributed by atoms with Gasteiger partial charge in [0.1, 0.15) is 5.75 Å². The number of hydrogen-bond acceptors (Lipinski definition) is 3. The van der Waals surface area contributed by atoms with E-state index < -0.39 is 0 Å². The summed E-state index contributed by atoms with van der Waals surface area (Å²) in [6.45, 7) is 6.55. The summed E-state index contributed by atoms with van der Waals surface area (Å²) in [7, 11) is 4.27. The van der Waals surface area contributed by atoms with E-state index in [0.717, 1.165) is 30.8 Å². The van der Waals surface area contributed by atoms with Gasteiger partial charge in [-0.1, -0.05) is 13.0 Å². The summed E-state index contributed by atoms with van der Waals surface area (Å²) < 4.78 is 0. The van der Waals surface area contributed by atoms with Gasteiger partial charge in [-0.2, -0.15) is 0 Å². The summed E-state index contributed by atoms with van der Waals surface area (Å²) in [5.41, 5.74) is 2.04. The van der Waals surface area contributed by atoms with Crippen molar-refractivity contribution in [1.82, 2.24) is 4.90 Å². The molecule has 100 valence electrons. The van der Waals surface area contributed by atoms with E-state index in [1.165, 1.54) is 0 Å². The van der Waals surface area contributed by atoms with Crippen molar-refractivity contribution in [3.05, 3.63) is 23.8 Å². The molecule has 0 aliphatic carbocycles. The third-order valence-electron chi connectivity index (χ3n) is 4.07. The molecule has 3 heteroatoms. The van der Waals surface area contributed by atoms with Crippen LogP contribution >= 0.6 is 0 Å². The fourth-order valence-corrected chi connectivity index (χ4v) is 3.03. The van der Waals surface area contributed by atoms with Crippen molar-refractivity contribution in [3.63, 3.8) is 0 Å². The van der Waals surface area contributed by atoms with Crippen LogP contribution in [0.4, 0.5) is 5.69 Å². The molecule has 1 aliphatic heterocycles. The third-order valence-corrected chi connectivity index (χ3v) is 4.07. The van der Waals surface area contributed by atoms with E-state index in [0.29, 0.717) is 17.7 Å². The molecule has 1 aromatic carbocycles. The third kappa shape index (κ3) is 2.61.